The van der Waals surface area contributed by atoms with Gasteiger partial charge in [0.2, 0.25) is 0 Å². The third kappa shape index (κ3) is 4.93. The Morgan fingerprint density at radius 1 is 1.22 bits per heavy atom. The minimum absolute atomic E-state index is 0.173. The van der Waals surface area contributed by atoms with Crippen LogP contribution in [0.5, 0.6) is 0 Å². The van der Waals surface area contributed by atoms with Crippen LogP contribution in [0, 0.1) is 0 Å². The summed E-state index contributed by atoms with van der Waals surface area (Å²) in [5.41, 5.74) is 8.86. The fourth-order valence-corrected chi connectivity index (χ4v) is 3.29. The number of aromatic nitrogens is 2. The van der Waals surface area contributed by atoms with Crippen molar-refractivity contribution in [3.8, 4) is 0 Å². The smallest absolute Gasteiger partial charge is 0.0958 e. The number of halogens is 2. The van der Waals surface area contributed by atoms with Crippen LogP contribution < -0.4 is 11.1 Å². The SMILES string of the molecule is CC(C)(CCn1cnc2cc(Cl)c(Cl)cc21)NCC(O)c1cccc(N)c1. The zero-order valence-corrected chi connectivity index (χ0v) is 16.9. The van der Waals surface area contributed by atoms with E-state index in [0.29, 0.717) is 22.3 Å². The molecule has 0 aliphatic carbocycles. The van der Waals surface area contributed by atoms with E-state index >= 15 is 0 Å². The fourth-order valence-electron chi connectivity index (χ4n) is 2.98. The first-order valence-electron chi connectivity index (χ1n) is 8.83. The van der Waals surface area contributed by atoms with Crippen molar-refractivity contribution in [1.82, 2.24) is 14.9 Å². The Kier molecular flexibility index (Phi) is 5.96. The molecule has 144 valence electrons. The molecule has 7 heteroatoms. The van der Waals surface area contributed by atoms with Gasteiger partial charge < -0.3 is 20.7 Å². The molecule has 1 aromatic heterocycles. The molecule has 0 saturated carbocycles. The van der Waals surface area contributed by atoms with Gasteiger partial charge in [-0.1, -0.05) is 35.3 Å². The topological polar surface area (TPSA) is 76.1 Å². The van der Waals surface area contributed by atoms with Crippen LogP contribution in [-0.2, 0) is 6.54 Å². The van der Waals surface area contributed by atoms with E-state index in [-0.39, 0.29) is 5.54 Å². The first-order chi connectivity index (χ1) is 12.7. The zero-order valence-electron chi connectivity index (χ0n) is 15.4. The monoisotopic (exact) mass is 406 g/mol. The van der Waals surface area contributed by atoms with Gasteiger partial charge in [-0.15, -0.1) is 0 Å². The van der Waals surface area contributed by atoms with Gasteiger partial charge in [-0.25, -0.2) is 4.98 Å². The highest BCUT2D eigenvalue weighted by Crippen LogP contribution is 2.27. The number of aliphatic hydroxyl groups excluding tert-OH is 1. The molecule has 2 aromatic carbocycles. The number of aryl methyl sites for hydroxylation is 1. The summed E-state index contributed by atoms with van der Waals surface area (Å²) in [5, 5.41) is 14.9. The molecule has 0 spiro atoms. The Hall–Kier alpha value is -1.79. The highest BCUT2D eigenvalue weighted by molar-refractivity contribution is 6.42. The van der Waals surface area contributed by atoms with E-state index < -0.39 is 6.10 Å². The molecule has 27 heavy (non-hydrogen) atoms. The maximum Gasteiger partial charge on any atom is 0.0958 e. The van der Waals surface area contributed by atoms with Crippen molar-refractivity contribution in [3.63, 3.8) is 0 Å². The summed E-state index contributed by atoms with van der Waals surface area (Å²) in [4.78, 5) is 4.39. The van der Waals surface area contributed by atoms with Gasteiger partial charge in [-0.2, -0.15) is 0 Å². The third-order valence-corrected chi connectivity index (χ3v) is 5.43. The molecule has 0 fully saturated rings. The summed E-state index contributed by atoms with van der Waals surface area (Å²) in [5.74, 6) is 0. The standard InChI is InChI=1S/C20H24Cl2N4O/c1-20(2,25-11-19(27)13-4-3-5-14(23)8-13)6-7-26-12-24-17-9-15(21)16(22)10-18(17)26/h3-5,8-10,12,19,25,27H,6-7,11,23H2,1-2H3. The van der Waals surface area contributed by atoms with Gasteiger partial charge in [0.25, 0.3) is 0 Å². The zero-order chi connectivity index (χ0) is 19.6. The van der Waals surface area contributed by atoms with Crippen molar-refractivity contribution < 1.29 is 5.11 Å². The van der Waals surface area contributed by atoms with Crippen molar-refractivity contribution in [2.75, 3.05) is 12.3 Å². The Bertz CT molecular complexity index is 939. The molecule has 0 radical (unpaired) electrons. The third-order valence-electron chi connectivity index (χ3n) is 4.71. The number of anilines is 1. The first kappa shape index (κ1) is 20.0. The molecule has 1 atom stereocenters. The molecule has 0 aliphatic rings. The second-order valence-corrected chi connectivity index (χ2v) is 8.21. The van der Waals surface area contributed by atoms with Crippen molar-refractivity contribution in [2.24, 2.45) is 0 Å². The number of nitrogen functional groups attached to an aromatic ring is 1. The summed E-state index contributed by atoms with van der Waals surface area (Å²) in [6.45, 7) is 5.44. The van der Waals surface area contributed by atoms with Gasteiger partial charge in [0.1, 0.15) is 0 Å². The molecular formula is C20H24Cl2N4O. The van der Waals surface area contributed by atoms with E-state index in [1.165, 1.54) is 0 Å². The average Bonchev–Trinajstić information content (AvgIpc) is 3.00. The lowest BCUT2D eigenvalue weighted by Crippen LogP contribution is -2.42. The normalized spacial score (nSPS) is 13.2. The van der Waals surface area contributed by atoms with Gasteiger partial charge in [0.15, 0.2) is 0 Å². The van der Waals surface area contributed by atoms with Gasteiger partial charge in [-0.3, -0.25) is 0 Å². The Morgan fingerprint density at radius 3 is 2.70 bits per heavy atom. The van der Waals surface area contributed by atoms with E-state index in [1.807, 2.05) is 24.3 Å². The van der Waals surface area contributed by atoms with Gasteiger partial charge in [0, 0.05) is 24.3 Å². The van der Waals surface area contributed by atoms with E-state index in [4.69, 9.17) is 28.9 Å². The number of nitrogens with one attached hydrogen (secondary N) is 1. The number of rotatable bonds is 7. The average molecular weight is 407 g/mol. The van der Waals surface area contributed by atoms with Gasteiger partial charge >= 0.3 is 0 Å². The van der Waals surface area contributed by atoms with Crippen molar-refractivity contribution in [3.05, 3.63) is 58.3 Å². The first-order valence-corrected chi connectivity index (χ1v) is 9.59. The summed E-state index contributed by atoms with van der Waals surface area (Å²) in [6.07, 6.45) is 2.04. The quantitative estimate of drug-likeness (QED) is 0.507. The number of hydrogen-bond donors (Lipinski definition) is 3. The predicted octanol–water partition coefficient (Wildman–Crippen LogP) is 4.42. The Balaban J connectivity index is 1.61. The number of fused-ring (bicyclic) bond motifs is 1. The maximum absolute atomic E-state index is 10.4. The second-order valence-electron chi connectivity index (χ2n) is 7.39. The van der Waals surface area contributed by atoms with Crippen LogP contribution in [0.25, 0.3) is 11.0 Å². The van der Waals surface area contributed by atoms with Crippen LogP contribution in [0.2, 0.25) is 10.0 Å². The van der Waals surface area contributed by atoms with Crippen molar-refractivity contribution in [1.29, 1.82) is 0 Å². The minimum Gasteiger partial charge on any atom is -0.399 e. The second kappa shape index (κ2) is 8.07. The molecule has 0 saturated heterocycles. The Labute approximate surface area is 169 Å². The van der Waals surface area contributed by atoms with E-state index in [2.05, 4.69) is 28.7 Å². The summed E-state index contributed by atoms with van der Waals surface area (Å²) in [6, 6.07) is 11.0. The number of nitrogens with zero attached hydrogens (tertiary/aromatic N) is 2. The molecule has 3 rings (SSSR count). The maximum atomic E-state index is 10.4. The van der Waals surface area contributed by atoms with Crippen LogP contribution in [0.1, 0.15) is 31.9 Å². The molecule has 3 aromatic rings. The molecule has 0 amide bonds. The van der Waals surface area contributed by atoms with Crippen LogP contribution in [0.3, 0.4) is 0 Å². The summed E-state index contributed by atoms with van der Waals surface area (Å²) < 4.78 is 2.06. The largest absolute Gasteiger partial charge is 0.399 e. The molecule has 4 N–H and O–H groups in total. The summed E-state index contributed by atoms with van der Waals surface area (Å²) >= 11 is 12.2. The minimum atomic E-state index is -0.609. The lowest BCUT2D eigenvalue weighted by atomic mass is 9.99. The predicted molar refractivity (Wildman–Crippen MR) is 112 cm³/mol. The molecule has 5 nitrogen and oxygen atoms in total. The van der Waals surface area contributed by atoms with Crippen molar-refractivity contribution >= 4 is 39.9 Å². The number of β-amino-alcohol motifs (C(OH)–C–C–N with tert-alkyl or cyclic N) is 1. The molecule has 0 aliphatic heterocycles. The number of benzene rings is 2. The lowest BCUT2D eigenvalue weighted by molar-refractivity contribution is 0.158. The highest BCUT2D eigenvalue weighted by Gasteiger charge is 2.20. The Morgan fingerprint density at radius 2 is 1.96 bits per heavy atom. The molecule has 0 bridgehead atoms. The summed E-state index contributed by atoms with van der Waals surface area (Å²) in [7, 11) is 0. The van der Waals surface area contributed by atoms with Crippen molar-refractivity contribution in [2.45, 2.75) is 38.5 Å². The number of nitrogens with two attached hydrogens (primary N) is 1. The lowest BCUT2D eigenvalue weighted by Gasteiger charge is -2.28. The van der Waals surface area contributed by atoms with E-state index in [9.17, 15) is 5.11 Å². The molecular weight excluding hydrogens is 383 g/mol. The molecule has 1 heterocycles. The van der Waals surface area contributed by atoms with Crippen LogP contribution >= 0.6 is 23.2 Å². The number of imidazole rings is 1. The van der Waals surface area contributed by atoms with E-state index in [0.717, 1.165) is 29.6 Å². The fraction of sp³-hybridized carbons (Fsp3) is 0.350. The van der Waals surface area contributed by atoms with Gasteiger partial charge in [-0.05, 0) is 50.1 Å². The van der Waals surface area contributed by atoms with E-state index in [1.54, 1.807) is 18.5 Å². The number of aliphatic hydroxyl groups is 1. The highest BCUT2D eigenvalue weighted by atomic mass is 35.5. The van der Waals surface area contributed by atoms with Gasteiger partial charge in [0.05, 0.1) is 33.5 Å². The molecule has 1 unspecified atom stereocenters. The van der Waals surface area contributed by atoms with Crippen LogP contribution in [-0.4, -0.2) is 26.7 Å². The number of hydrogen-bond acceptors (Lipinski definition) is 4. The van der Waals surface area contributed by atoms with Crippen LogP contribution in [0.15, 0.2) is 42.7 Å². The van der Waals surface area contributed by atoms with Crippen LogP contribution in [0.4, 0.5) is 5.69 Å².